The number of ether oxygens (including phenoxy) is 1. The molecule has 1 aliphatic heterocycles. The van der Waals surface area contributed by atoms with E-state index in [1.165, 1.54) is 0 Å². The van der Waals surface area contributed by atoms with Crippen LogP contribution in [0.1, 0.15) is 16.8 Å². The van der Waals surface area contributed by atoms with Crippen LogP contribution in [-0.2, 0) is 0 Å². The first-order valence-corrected chi connectivity index (χ1v) is 8.61. The molecule has 1 amide bonds. The fourth-order valence-corrected chi connectivity index (χ4v) is 3.18. The summed E-state index contributed by atoms with van der Waals surface area (Å²) in [7, 11) is 0. The largest absolute Gasteiger partial charge is 0.472 e. The van der Waals surface area contributed by atoms with Crippen LogP contribution in [0.4, 0.5) is 0 Å². The quantitative estimate of drug-likeness (QED) is 0.743. The fraction of sp³-hybridized carbons (Fsp3) is 0.250. The first-order chi connectivity index (χ1) is 11.0. The van der Waals surface area contributed by atoms with Crippen LogP contribution < -0.4 is 4.74 Å². The van der Waals surface area contributed by atoms with Crippen LogP contribution in [0.5, 0.6) is 5.88 Å². The zero-order valence-corrected chi connectivity index (χ0v) is 15.1. The molecule has 1 aromatic heterocycles. The van der Waals surface area contributed by atoms with Gasteiger partial charge < -0.3 is 9.64 Å². The SMILES string of the molecule is O=C(c1cc(Cl)ccc1Cl)N1CCC(Oc2ncccc2Br)C1. The lowest BCUT2D eigenvalue weighted by molar-refractivity contribution is 0.0771. The Morgan fingerprint density at radius 2 is 2.17 bits per heavy atom. The molecule has 1 aromatic carbocycles. The summed E-state index contributed by atoms with van der Waals surface area (Å²) >= 11 is 15.5. The number of likely N-dealkylation sites (tertiary alicyclic amines) is 1. The lowest BCUT2D eigenvalue weighted by Crippen LogP contribution is -2.31. The average molecular weight is 416 g/mol. The van der Waals surface area contributed by atoms with Crippen molar-refractivity contribution in [3.8, 4) is 5.88 Å². The van der Waals surface area contributed by atoms with Gasteiger partial charge in [0.1, 0.15) is 6.10 Å². The van der Waals surface area contributed by atoms with Gasteiger partial charge in [-0.15, -0.1) is 0 Å². The van der Waals surface area contributed by atoms with Crippen molar-refractivity contribution in [2.75, 3.05) is 13.1 Å². The third-order valence-corrected chi connectivity index (χ3v) is 4.76. The summed E-state index contributed by atoms with van der Waals surface area (Å²) in [6.45, 7) is 1.10. The van der Waals surface area contributed by atoms with Gasteiger partial charge >= 0.3 is 0 Å². The highest BCUT2D eigenvalue weighted by Gasteiger charge is 2.29. The Labute approximate surface area is 152 Å². The number of rotatable bonds is 3. The second-order valence-corrected chi connectivity index (χ2v) is 6.89. The number of carbonyl (C=O) groups is 1. The average Bonchev–Trinajstić information content (AvgIpc) is 3.00. The minimum Gasteiger partial charge on any atom is -0.472 e. The van der Waals surface area contributed by atoms with Crippen LogP contribution in [0.25, 0.3) is 0 Å². The Morgan fingerprint density at radius 1 is 1.35 bits per heavy atom. The molecule has 0 saturated carbocycles. The van der Waals surface area contributed by atoms with E-state index in [-0.39, 0.29) is 12.0 Å². The maximum Gasteiger partial charge on any atom is 0.255 e. The van der Waals surface area contributed by atoms with Crippen LogP contribution in [-0.4, -0.2) is 35.0 Å². The predicted molar refractivity (Wildman–Crippen MR) is 93.3 cm³/mol. The van der Waals surface area contributed by atoms with Crippen molar-refractivity contribution < 1.29 is 9.53 Å². The Balaban J connectivity index is 1.69. The van der Waals surface area contributed by atoms with Crippen LogP contribution in [0.3, 0.4) is 0 Å². The highest BCUT2D eigenvalue weighted by atomic mass is 79.9. The predicted octanol–water partition coefficient (Wildman–Crippen LogP) is 4.44. The molecule has 1 unspecified atom stereocenters. The van der Waals surface area contributed by atoms with Crippen molar-refractivity contribution in [1.82, 2.24) is 9.88 Å². The molecular weight excluding hydrogens is 403 g/mol. The molecule has 0 spiro atoms. The van der Waals surface area contributed by atoms with E-state index in [0.29, 0.717) is 34.6 Å². The molecule has 0 N–H and O–H groups in total. The van der Waals surface area contributed by atoms with E-state index in [4.69, 9.17) is 27.9 Å². The van der Waals surface area contributed by atoms with Gasteiger partial charge in [0.2, 0.25) is 5.88 Å². The molecule has 120 valence electrons. The number of halogens is 3. The third kappa shape index (κ3) is 3.79. The maximum atomic E-state index is 12.6. The minimum atomic E-state index is -0.135. The van der Waals surface area contributed by atoms with E-state index in [1.54, 1.807) is 29.3 Å². The summed E-state index contributed by atoms with van der Waals surface area (Å²) in [6, 6.07) is 8.58. The van der Waals surface area contributed by atoms with Crippen molar-refractivity contribution in [1.29, 1.82) is 0 Å². The highest BCUT2D eigenvalue weighted by Crippen LogP contribution is 2.27. The molecule has 7 heteroatoms. The van der Waals surface area contributed by atoms with Gasteiger partial charge in [-0.2, -0.15) is 0 Å². The zero-order chi connectivity index (χ0) is 16.4. The molecule has 0 aliphatic carbocycles. The Morgan fingerprint density at radius 3 is 2.96 bits per heavy atom. The number of carbonyl (C=O) groups excluding carboxylic acids is 1. The minimum absolute atomic E-state index is 0.0943. The fourth-order valence-electron chi connectivity index (χ4n) is 2.46. The molecule has 1 fully saturated rings. The van der Waals surface area contributed by atoms with Gasteiger partial charge in [-0.3, -0.25) is 4.79 Å². The van der Waals surface area contributed by atoms with Gasteiger partial charge in [0.25, 0.3) is 5.91 Å². The summed E-state index contributed by atoms with van der Waals surface area (Å²) in [5.74, 6) is 0.399. The summed E-state index contributed by atoms with van der Waals surface area (Å²) in [5, 5.41) is 0.887. The van der Waals surface area contributed by atoms with Crippen LogP contribution in [0, 0.1) is 0 Å². The number of aromatic nitrogens is 1. The second kappa shape index (κ2) is 7.07. The standard InChI is InChI=1S/C16H13BrCl2N2O2/c17-13-2-1-6-20-15(13)23-11-5-7-21(9-11)16(22)12-8-10(18)3-4-14(12)19/h1-4,6,8,11H,5,7,9H2. The number of hydrogen-bond acceptors (Lipinski definition) is 3. The summed E-state index contributed by atoms with van der Waals surface area (Å²) in [5.41, 5.74) is 0.416. The number of amides is 1. The van der Waals surface area contributed by atoms with E-state index in [9.17, 15) is 4.79 Å². The molecule has 0 bridgehead atoms. The third-order valence-electron chi connectivity index (χ3n) is 3.59. The molecule has 2 aromatic rings. The van der Waals surface area contributed by atoms with Crippen molar-refractivity contribution in [2.24, 2.45) is 0 Å². The highest BCUT2D eigenvalue weighted by molar-refractivity contribution is 9.10. The summed E-state index contributed by atoms with van der Waals surface area (Å²) in [6.07, 6.45) is 2.32. The van der Waals surface area contributed by atoms with Gasteiger partial charge in [-0.05, 0) is 46.3 Å². The zero-order valence-electron chi connectivity index (χ0n) is 12.0. The van der Waals surface area contributed by atoms with Crippen molar-refractivity contribution >= 4 is 45.0 Å². The van der Waals surface area contributed by atoms with Crippen molar-refractivity contribution in [3.05, 3.63) is 56.6 Å². The van der Waals surface area contributed by atoms with Crippen molar-refractivity contribution in [3.63, 3.8) is 0 Å². The Hall–Kier alpha value is -1.30. The molecule has 4 nitrogen and oxygen atoms in total. The number of hydrogen-bond donors (Lipinski definition) is 0. The van der Waals surface area contributed by atoms with E-state index in [0.717, 1.165) is 10.9 Å². The van der Waals surface area contributed by atoms with Gasteiger partial charge in [0, 0.05) is 24.2 Å². The monoisotopic (exact) mass is 414 g/mol. The molecule has 2 heterocycles. The van der Waals surface area contributed by atoms with Gasteiger partial charge in [0.15, 0.2) is 0 Å². The molecule has 1 aliphatic rings. The molecule has 3 rings (SSSR count). The number of nitrogens with zero attached hydrogens (tertiary/aromatic N) is 2. The number of benzene rings is 1. The normalized spacial score (nSPS) is 17.3. The van der Waals surface area contributed by atoms with E-state index in [2.05, 4.69) is 20.9 Å². The number of pyridine rings is 1. The molecule has 1 atom stereocenters. The van der Waals surface area contributed by atoms with E-state index in [1.807, 2.05) is 12.1 Å². The molecule has 0 radical (unpaired) electrons. The van der Waals surface area contributed by atoms with Gasteiger partial charge in [-0.1, -0.05) is 23.2 Å². The molecule has 23 heavy (non-hydrogen) atoms. The lowest BCUT2D eigenvalue weighted by Gasteiger charge is -2.18. The second-order valence-electron chi connectivity index (χ2n) is 5.19. The van der Waals surface area contributed by atoms with Crippen LogP contribution in [0.15, 0.2) is 41.0 Å². The molecular formula is C16H13BrCl2N2O2. The van der Waals surface area contributed by atoms with Gasteiger partial charge in [-0.25, -0.2) is 4.98 Å². The van der Waals surface area contributed by atoms with Gasteiger partial charge in [0.05, 0.1) is 21.6 Å². The Bertz CT molecular complexity index is 742. The molecule has 1 saturated heterocycles. The Kier molecular flexibility index (Phi) is 5.09. The van der Waals surface area contributed by atoms with E-state index >= 15 is 0 Å². The summed E-state index contributed by atoms with van der Waals surface area (Å²) in [4.78, 5) is 18.5. The van der Waals surface area contributed by atoms with Crippen LogP contribution in [0.2, 0.25) is 10.0 Å². The summed E-state index contributed by atoms with van der Waals surface area (Å²) < 4.78 is 6.66. The van der Waals surface area contributed by atoms with Crippen molar-refractivity contribution in [2.45, 2.75) is 12.5 Å². The topological polar surface area (TPSA) is 42.4 Å². The lowest BCUT2D eigenvalue weighted by atomic mass is 10.2. The van der Waals surface area contributed by atoms with Crippen LogP contribution >= 0.6 is 39.1 Å². The maximum absolute atomic E-state index is 12.6. The van der Waals surface area contributed by atoms with E-state index < -0.39 is 0 Å². The first kappa shape index (κ1) is 16.6. The first-order valence-electron chi connectivity index (χ1n) is 7.06. The smallest absolute Gasteiger partial charge is 0.255 e.